The highest BCUT2D eigenvalue weighted by Gasteiger charge is 2.06. The summed E-state index contributed by atoms with van der Waals surface area (Å²) in [5, 5.41) is 1.46. The number of rotatable bonds is 1. The minimum Gasteiger partial charge on any atom is -0.333 e. The van der Waals surface area contributed by atoms with Crippen LogP contribution in [-0.4, -0.2) is 14.5 Å². The minimum atomic E-state index is 0.537. The van der Waals surface area contributed by atoms with Crippen LogP contribution in [0.5, 0.6) is 0 Å². The van der Waals surface area contributed by atoms with Crippen molar-refractivity contribution in [3.63, 3.8) is 0 Å². The highest BCUT2D eigenvalue weighted by molar-refractivity contribution is 6.33. The van der Waals surface area contributed by atoms with Crippen LogP contribution in [0, 0.1) is 6.92 Å². The van der Waals surface area contributed by atoms with E-state index in [0.29, 0.717) is 11.0 Å². The van der Waals surface area contributed by atoms with E-state index in [4.69, 9.17) is 11.6 Å². The van der Waals surface area contributed by atoms with E-state index in [0.717, 1.165) is 17.6 Å². The Morgan fingerprint density at radius 2 is 2.23 bits per heavy atom. The topological polar surface area (TPSA) is 30.7 Å². The van der Waals surface area contributed by atoms with Gasteiger partial charge in [-0.1, -0.05) is 11.6 Å². The molecule has 2 heterocycles. The van der Waals surface area contributed by atoms with Crippen LogP contribution in [0.3, 0.4) is 0 Å². The summed E-state index contributed by atoms with van der Waals surface area (Å²) in [5.41, 5.74) is 0.917. The molecule has 68 valence electrons. The number of halogens is 1. The van der Waals surface area contributed by atoms with Gasteiger partial charge in [-0.2, -0.15) is 0 Å². The lowest BCUT2D eigenvalue weighted by molar-refractivity contribution is 0.784. The zero-order valence-corrected chi connectivity index (χ0v) is 8.34. The largest absolute Gasteiger partial charge is 0.333 e. The standard InChI is InChI=1S/C9H10ClN3/c1-3-13-5-4-7-8(10)11-6(2)12-9(7)13/h4-5H,3H2,1-2H3. The van der Waals surface area contributed by atoms with Crippen molar-refractivity contribution in [2.24, 2.45) is 0 Å². The second kappa shape index (κ2) is 3.00. The summed E-state index contributed by atoms with van der Waals surface area (Å²) in [6.45, 7) is 4.82. The van der Waals surface area contributed by atoms with Gasteiger partial charge in [0.2, 0.25) is 0 Å². The maximum atomic E-state index is 5.97. The molecule has 0 saturated heterocycles. The Kier molecular flexibility index (Phi) is 1.96. The summed E-state index contributed by atoms with van der Waals surface area (Å²) in [6, 6.07) is 1.95. The average Bonchev–Trinajstić information content (AvgIpc) is 2.47. The third-order valence-electron chi connectivity index (χ3n) is 2.02. The minimum absolute atomic E-state index is 0.537. The third-order valence-corrected chi connectivity index (χ3v) is 2.31. The van der Waals surface area contributed by atoms with E-state index in [1.807, 2.05) is 19.2 Å². The summed E-state index contributed by atoms with van der Waals surface area (Å²) >= 11 is 5.97. The molecule has 0 radical (unpaired) electrons. The first-order valence-electron chi connectivity index (χ1n) is 4.21. The van der Waals surface area contributed by atoms with Crippen molar-refractivity contribution in [2.75, 3.05) is 0 Å². The van der Waals surface area contributed by atoms with E-state index in [-0.39, 0.29) is 0 Å². The highest BCUT2D eigenvalue weighted by atomic mass is 35.5. The molecule has 0 bridgehead atoms. The molecule has 2 aromatic rings. The number of aryl methyl sites for hydroxylation is 2. The monoisotopic (exact) mass is 195 g/mol. The van der Waals surface area contributed by atoms with Gasteiger partial charge in [0.05, 0.1) is 5.39 Å². The average molecular weight is 196 g/mol. The first-order valence-corrected chi connectivity index (χ1v) is 4.59. The van der Waals surface area contributed by atoms with E-state index < -0.39 is 0 Å². The summed E-state index contributed by atoms with van der Waals surface area (Å²) in [7, 11) is 0. The van der Waals surface area contributed by atoms with Gasteiger partial charge in [-0.25, -0.2) is 9.97 Å². The van der Waals surface area contributed by atoms with Gasteiger partial charge in [-0.15, -0.1) is 0 Å². The highest BCUT2D eigenvalue weighted by Crippen LogP contribution is 2.20. The van der Waals surface area contributed by atoms with Crippen molar-refractivity contribution < 1.29 is 0 Å². The van der Waals surface area contributed by atoms with Crippen LogP contribution in [0.4, 0.5) is 0 Å². The number of aromatic nitrogens is 3. The Labute approximate surface area is 81.4 Å². The second-order valence-electron chi connectivity index (χ2n) is 2.90. The van der Waals surface area contributed by atoms with E-state index in [9.17, 15) is 0 Å². The fraction of sp³-hybridized carbons (Fsp3) is 0.333. The molecule has 2 rings (SSSR count). The molecule has 0 aromatic carbocycles. The van der Waals surface area contributed by atoms with E-state index in [1.54, 1.807) is 0 Å². The zero-order valence-electron chi connectivity index (χ0n) is 7.58. The normalized spacial score (nSPS) is 11.0. The van der Waals surface area contributed by atoms with Crippen LogP contribution < -0.4 is 0 Å². The Balaban J connectivity index is 2.82. The second-order valence-corrected chi connectivity index (χ2v) is 3.26. The van der Waals surface area contributed by atoms with Crippen molar-refractivity contribution >= 4 is 22.6 Å². The van der Waals surface area contributed by atoms with Crippen LogP contribution in [-0.2, 0) is 6.54 Å². The maximum absolute atomic E-state index is 5.97. The molecule has 0 amide bonds. The van der Waals surface area contributed by atoms with Gasteiger partial charge in [-0.05, 0) is 19.9 Å². The van der Waals surface area contributed by atoms with Crippen LogP contribution in [0.25, 0.3) is 11.0 Å². The molecule has 4 heteroatoms. The van der Waals surface area contributed by atoms with E-state index in [2.05, 4.69) is 21.5 Å². The predicted octanol–water partition coefficient (Wildman–Crippen LogP) is 2.41. The lowest BCUT2D eigenvalue weighted by Gasteiger charge is -2.00. The molecule has 0 spiro atoms. The van der Waals surface area contributed by atoms with Crippen molar-refractivity contribution in [1.29, 1.82) is 0 Å². The van der Waals surface area contributed by atoms with Crippen molar-refractivity contribution in [2.45, 2.75) is 20.4 Å². The Hall–Kier alpha value is -1.09. The Morgan fingerprint density at radius 3 is 2.92 bits per heavy atom. The Bertz CT molecular complexity index is 447. The number of fused-ring (bicyclic) bond motifs is 1. The van der Waals surface area contributed by atoms with Gasteiger partial charge in [0.15, 0.2) is 0 Å². The molecule has 0 unspecified atom stereocenters. The summed E-state index contributed by atoms with van der Waals surface area (Å²) in [4.78, 5) is 8.43. The van der Waals surface area contributed by atoms with Crippen molar-refractivity contribution in [1.82, 2.24) is 14.5 Å². The lowest BCUT2D eigenvalue weighted by atomic mass is 10.4. The van der Waals surface area contributed by atoms with Gasteiger partial charge in [0, 0.05) is 12.7 Å². The third kappa shape index (κ3) is 1.29. The molecule has 0 aliphatic rings. The summed E-state index contributed by atoms with van der Waals surface area (Å²) in [5.74, 6) is 0.714. The fourth-order valence-electron chi connectivity index (χ4n) is 1.39. The number of nitrogens with zero attached hydrogens (tertiary/aromatic N) is 3. The molecule has 2 aromatic heterocycles. The predicted molar refractivity (Wildman–Crippen MR) is 52.9 cm³/mol. The molecule has 0 saturated carbocycles. The summed E-state index contributed by atoms with van der Waals surface area (Å²) in [6.07, 6.45) is 1.98. The molecule has 13 heavy (non-hydrogen) atoms. The smallest absolute Gasteiger partial charge is 0.145 e. The summed E-state index contributed by atoms with van der Waals surface area (Å²) < 4.78 is 2.05. The van der Waals surface area contributed by atoms with Crippen LogP contribution in [0.1, 0.15) is 12.7 Å². The van der Waals surface area contributed by atoms with E-state index in [1.165, 1.54) is 0 Å². The van der Waals surface area contributed by atoms with Gasteiger partial charge in [0.25, 0.3) is 0 Å². The maximum Gasteiger partial charge on any atom is 0.145 e. The molecule has 0 aliphatic heterocycles. The SMILES string of the molecule is CCn1ccc2c(Cl)nc(C)nc21. The van der Waals surface area contributed by atoms with Crippen LogP contribution in [0.2, 0.25) is 5.15 Å². The number of hydrogen-bond acceptors (Lipinski definition) is 2. The van der Waals surface area contributed by atoms with Gasteiger partial charge < -0.3 is 4.57 Å². The zero-order chi connectivity index (χ0) is 9.42. The fourth-order valence-corrected chi connectivity index (χ4v) is 1.66. The molecule has 0 fully saturated rings. The number of hydrogen-bond donors (Lipinski definition) is 0. The van der Waals surface area contributed by atoms with Crippen LogP contribution in [0.15, 0.2) is 12.3 Å². The first kappa shape index (κ1) is 8.51. The van der Waals surface area contributed by atoms with Gasteiger partial charge in [0.1, 0.15) is 16.6 Å². The molecule has 0 N–H and O–H groups in total. The first-order chi connectivity index (χ1) is 6.22. The van der Waals surface area contributed by atoms with Crippen LogP contribution >= 0.6 is 11.6 Å². The van der Waals surface area contributed by atoms with E-state index >= 15 is 0 Å². The lowest BCUT2D eigenvalue weighted by Crippen LogP contribution is -1.96. The Morgan fingerprint density at radius 1 is 1.46 bits per heavy atom. The molecular formula is C9H10ClN3. The van der Waals surface area contributed by atoms with Gasteiger partial charge in [-0.3, -0.25) is 0 Å². The van der Waals surface area contributed by atoms with Gasteiger partial charge >= 0.3 is 0 Å². The molecular weight excluding hydrogens is 186 g/mol. The molecule has 0 atom stereocenters. The van der Waals surface area contributed by atoms with Crippen molar-refractivity contribution in [3.05, 3.63) is 23.2 Å². The molecule has 0 aliphatic carbocycles. The van der Waals surface area contributed by atoms with Crippen molar-refractivity contribution in [3.8, 4) is 0 Å². The molecule has 3 nitrogen and oxygen atoms in total. The quantitative estimate of drug-likeness (QED) is 0.655.